The van der Waals surface area contributed by atoms with Gasteiger partial charge in [0.25, 0.3) is 0 Å². The summed E-state index contributed by atoms with van der Waals surface area (Å²) in [6, 6.07) is 13.9. The third kappa shape index (κ3) is 5.76. The van der Waals surface area contributed by atoms with E-state index in [9.17, 15) is 9.59 Å². The highest BCUT2D eigenvalue weighted by Crippen LogP contribution is 2.14. The Labute approximate surface area is 157 Å². The van der Waals surface area contributed by atoms with Crippen molar-refractivity contribution in [3.8, 4) is 0 Å². The zero-order valence-corrected chi connectivity index (χ0v) is 15.5. The molecule has 1 saturated heterocycles. The highest BCUT2D eigenvalue weighted by molar-refractivity contribution is 7.12. The van der Waals surface area contributed by atoms with Gasteiger partial charge in [-0.1, -0.05) is 36.4 Å². The molecule has 3 rings (SSSR count). The Bertz CT molecular complexity index is 702. The van der Waals surface area contributed by atoms with Crippen molar-refractivity contribution in [2.24, 2.45) is 0 Å². The Morgan fingerprint density at radius 2 is 2.00 bits per heavy atom. The van der Waals surface area contributed by atoms with Gasteiger partial charge in [0, 0.05) is 26.1 Å². The first kappa shape index (κ1) is 18.8. The van der Waals surface area contributed by atoms with Gasteiger partial charge in [-0.05, 0) is 17.0 Å². The fourth-order valence-electron chi connectivity index (χ4n) is 2.90. The van der Waals surface area contributed by atoms with Crippen LogP contribution >= 0.6 is 11.3 Å². The Hall–Kier alpha value is -2.02. The molecule has 0 amide bonds. The van der Waals surface area contributed by atoms with Gasteiger partial charge in [-0.25, -0.2) is 0 Å². The lowest BCUT2D eigenvalue weighted by atomic mass is 10.2. The van der Waals surface area contributed by atoms with Gasteiger partial charge in [-0.2, -0.15) is 0 Å². The van der Waals surface area contributed by atoms with Crippen LogP contribution in [0.2, 0.25) is 0 Å². The van der Waals surface area contributed by atoms with Gasteiger partial charge >= 0.3 is 5.97 Å². The number of carbonyl (C=O) groups is 2. The van der Waals surface area contributed by atoms with Gasteiger partial charge in [-0.15, -0.1) is 11.3 Å². The lowest BCUT2D eigenvalue weighted by molar-refractivity contribution is -0.150. The van der Waals surface area contributed by atoms with Crippen LogP contribution in [-0.2, 0) is 20.8 Å². The van der Waals surface area contributed by atoms with Crippen LogP contribution in [0.1, 0.15) is 28.1 Å². The number of rotatable bonds is 8. The van der Waals surface area contributed by atoms with E-state index in [1.807, 2.05) is 29.6 Å². The molecule has 1 unspecified atom stereocenters. The number of carbonyl (C=O) groups excluding carboxylic acids is 2. The maximum absolute atomic E-state index is 11.9. The summed E-state index contributed by atoms with van der Waals surface area (Å²) in [5.74, 6) is -0.362. The van der Waals surface area contributed by atoms with E-state index in [4.69, 9.17) is 9.47 Å². The second kappa shape index (κ2) is 9.62. The monoisotopic (exact) mass is 373 g/mol. The van der Waals surface area contributed by atoms with Crippen LogP contribution in [-0.4, -0.2) is 49.1 Å². The first-order valence-corrected chi connectivity index (χ1v) is 9.69. The van der Waals surface area contributed by atoms with E-state index in [-0.39, 0.29) is 37.3 Å². The molecule has 2 heterocycles. The zero-order valence-electron chi connectivity index (χ0n) is 14.6. The number of hydrogen-bond acceptors (Lipinski definition) is 6. The minimum absolute atomic E-state index is 0.0140. The van der Waals surface area contributed by atoms with Gasteiger partial charge in [0.15, 0.2) is 5.78 Å². The standard InChI is InChI=1S/C20H23NO4S/c22-18(19-7-4-12-26-19)8-9-20(23)25-15-17-14-21(10-11-24-17)13-16-5-2-1-3-6-16/h1-7,12,17H,8-11,13-15H2. The Kier molecular flexibility index (Phi) is 6.94. The predicted molar refractivity (Wildman–Crippen MR) is 100 cm³/mol. The van der Waals surface area contributed by atoms with Crippen LogP contribution in [0, 0.1) is 0 Å². The van der Waals surface area contributed by atoms with Crippen LogP contribution in [0.15, 0.2) is 47.8 Å². The lowest BCUT2D eigenvalue weighted by Crippen LogP contribution is -2.44. The summed E-state index contributed by atoms with van der Waals surface area (Å²) >= 11 is 1.39. The Balaban J connectivity index is 1.37. The molecule has 1 aliphatic rings. The normalized spacial score (nSPS) is 17.8. The van der Waals surface area contributed by atoms with Crippen molar-refractivity contribution in [1.29, 1.82) is 0 Å². The smallest absolute Gasteiger partial charge is 0.306 e. The number of hydrogen-bond donors (Lipinski definition) is 0. The van der Waals surface area contributed by atoms with Crippen molar-refractivity contribution in [3.63, 3.8) is 0 Å². The van der Waals surface area contributed by atoms with Crippen molar-refractivity contribution in [1.82, 2.24) is 4.90 Å². The van der Waals surface area contributed by atoms with E-state index < -0.39 is 0 Å². The van der Waals surface area contributed by atoms with Crippen LogP contribution in [0.25, 0.3) is 0 Å². The number of nitrogens with zero attached hydrogens (tertiary/aromatic N) is 1. The quantitative estimate of drug-likeness (QED) is 0.526. The average Bonchev–Trinajstić information content (AvgIpc) is 3.20. The van der Waals surface area contributed by atoms with Crippen LogP contribution in [0.3, 0.4) is 0 Å². The molecular weight excluding hydrogens is 350 g/mol. The van der Waals surface area contributed by atoms with E-state index in [0.717, 1.165) is 19.6 Å². The molecule has 1 aromatic carbocycles. The molecule has 1 fully saturated rings. The second-order valence-corrected chi connectivity index (χ2v) is 7.24. The summed E-state index contributed by atoms with van der Waals surface area (Å²) in [6.45, 7) is 3.33. The largest absolute Gasteiger partial charge is 0.463 e. The molecule has 0 N–H and O–H groups in total. The zero-order chi connectivity index (χ0) is 18.2. The SMILES string of the molecule is O=C(CCC(=O)c1cccs1)OCC1CN(Cc2ccccc2)CCO1. The van der Waals surface area contributed by atoms with Crippen molar-refractivity contribution in [3.05, 3.63) is 58.3 Å². The molecule has 0 bridgehead atoms. The van der Waals surface area contributed by atoms with E-state index >= 15 is 0 Å². The number of thiophene rings is 1. The van der Waals surface area contributed by atoms with Gasteiger partial charge < -0.3 is 9.47 Å². The molecule has 0 aliphatic carbocycles. The highest BCUT2D eigenvalue weighted by atomic mass is 32.1. The number of morpholine rings is 1. The Morgan fingerprint density at radius 3 is 2.77 bits per heavy atom. The van der Waals surface area contributed by atoms with E-state index in [1.54, 1.807) is 6.07 Å². The van der Waals surface area contributed by atoms with Crippen molar-refractivity contribution >= 4 is 23.1 Å². The number of ether oxygens (including phenoxy) is 2. The molecule has 0 spiro atoms. The number of benzene rings is 1. The lowest BCUT2D eigenvalue weighted by Gasteiger charge is -2.32. The molecule has 26 heavy (non-hydrogen) atoms. The minimum Gasteiger partial charge on any atom is -0.463 e. The van der Waals surface area contributed by atoms with Crippen molar-refractivity contribution in [2.45, 2.75) is 25.5 Å². The molecule has 0 saturated carbocycles. The minimum atomic E-state index is -0.348. The molecule has 1 atom stereocenters. The fourth-order valence-corrected chi connectivity index (χ4v) is 3.59. The third-order valence-electron chi connectivity index (χ3n) is 4.25. The number of esters is 1. The molecular formula is C20H23NO4S. The van der Waals surface area contributed by atoms with Crippen LogP contribution in [0.5, 0.6) is 0 Å². The second-order valence-electron chi connectivity index (χ2n) is 6.30. The molecule has 138 valence electrons. The molecule has 6 heteroatoms. The van der Waals surface area contributed by atoms with Gasteiger partial charge in [-0.3, -0.25) is 14.5 Å². The van der Waals surface area contributed by atoms with Gasteiger partial charge in [0.05, 0.1) is 17.9 Å². The van der Waals surface area contributed by atoms with Gasteiger partial charge in [0.2, 0.25) is 0 Å². The molecule has 5 nitrogen and oxygen atoms in total. The van der Waals surface area contributed by atoms with E-state index in [0.29, 0.717) is 11.5 Å². The van der Waals surface area contributed by atoms with Crippen molar-refractivity contribution in [2.75, 3.05) is 26.3 Å². The molecule has 1 aromatic heterocycles. The molecule has 1 aliphatic heterocycles. The average molecular weight is 373 g/mol. The number of ketones is 1. The van der Waals surface area contributed by atoms with Crippen molar-refractivity contribution < 1.29 is 19.1 Å². The molecule has 2 aromatic rings. The van der Waals surface area contributed by atoms with Crippen LogP contribution < -0.4 is 0 Å². The third-order valence-corrected chi connectivity index (χ3v) is 5.17. The summed E-state index contributed by atoms with van der Waals surface area (Å²) in [7, 11) is 0. The van der Waals surface area contributed by atoms with E-state index in [2.05, 4.69) is 17.0 Å². The number of Topliss-reactive ketones (excluding diaryl/α,β-unsaturated/α-hetero) is 1. The summed E-state index contributed by atoms with van der Waals surface area (Å²) in [4.78, 5) is 26.8. The fraction of sp³-hybridized carbons (Fsp3) is 0.400. The predicted octanol–water partition coefficient (Wildman–Crippen LogP) is 3.16. The topological polar surface area (TPSA) is 55.8 Å². The maximum Gasteiger partial charge on any atom is 0.306 e. The summed E-state index contributed by atoms with van der Waals surface area (Å²) < 4.78 is 11.0. The maximum atomic E-state index is 11.9. The first-order valence-electron chi connectivity index (χ1n) is 8.81. The first-order chi connectivity index (χ1) is 12.7. The molecule has 0 radical (unpaired) electrons. The van der Waals surface area contributed by atoms with E-state index in [1.165, 1.54) is 16.9 Å². The summed E-state index contributed by atoms with van der Waals surface area (Å²) in [5, 5.41) is 1.85. The highest BCUT2D eigenvalue weighted by Gasteiger charge is 2.22. The van der Waals surface area contributed by atoms with Gasteiger partial charge in [0.1, 0.15) is 12.7 Å². The van der Waals surface area contributed by atoms with Crippen LogP contribution in [0.4, 0.5) is 0 Å². The Morgan fingerprint density at radius 1 is 1.15 bits per heavy atom. The summed E-state index contributed by atoms with van der Waals surface area (Å²) in [6.07, 6.45) is 0.173. The summed E-state index contributed by atoms with van der Waals surface area (Å²) in [5.41, 5.74) is 1.26.